The van der Waals surface area contributed by atoms with E-state index in [1.165, 1.54) is 11.1 Å². The van der Waals surface area contributed by atoms with Gasteiger partial charge in [0.25, 0.3) is 0 Å². The molecule has 2 fully saturated rings. The van der Waals surface area contributed by atoms with Crippen LogP contribution in [0.4, 0.5) is 11.6 Å². The van der Waals surface area contributed by atoms with E-state index in [0.717, 1.165) is 30.9 Å². The Morgan fingerprint density at radius 1 is 1.14 bits per heavy atom. The van der Waals surface area contributed by atoms with Gasteiger partial charge in [0.2, 0.25) is 0 Å². The summed E-state index contributed by atoms with van der Waals surface area (Å²) in [6, 6.07) is 20.3. The number of esters is 1. The first kappa shape index (κ1) is 24.9. The average molecular weight is 500 g/mol. The average Bonchev–Trinajstić information content (AvgIpc) is 3.64. The highest BCUT2D eigenvalue weighted by Crippen LogP contribution is 2.55. The van der Waals surface area contributed by atoms with Crippen LogP contribution in [0.25, 0.3) is 0 Å². The van der Waals surface area contributed by atoms with Crippen LogP contribution < -0.4 is 10.3 Å². The molecule has 1 aliphatic heterocycles. The van der Waals surface area contributed by atoms with Crippen molar-refractivity contribution in [1.82, 2.24) is 9.97 Å². The lowest BCUT2D eigenvalue weighted by Gasteiger charge is -2.28. The summed E-state index contributed by atoms with van der Waals surface area (Å²) < 4.78 is 11.0. The number of carbonyl (C=O) groups is 1. The van der Waals surface area contributed by atoms with E-state index in [1.807, 2.05) is 43.3 Å². The van der Waals surface area contributed by atoms with Crippen LogP contribution in [0.3, 0.4) is 0 Å². The van der Waals surface area contributed by atoms with Crippen LogP contribution in [-0.4, -0.2) is 55.1 Å². The molecule has 1 N–H and O–H groups in total. The molecular formula is C29H33N5O3. The summed E-state index contributed by atoms with van der Waals surface area (Å²) in [5, 5.41) is 4.42. The van der Waals surface area contributed by atoms with Gasteiger partial charge in [-0.25, -0.2) is 9.97 Å². The van der Waals surface area contributed by atoms with Crippen molar-refractivity contribution in [2.45, 2.75) is 26.2 Å². The molecule has 1 saturated carbocycles. The van der Waals surface area contributed by atoms with E-state index in [0.29, 0.717) is 31.5 Å². The van der Waals surface area contributed by atoms with E-state index < -0.39 is 0 Å². The van der Waals surface area contributed by atoms with E-state index in [9.17, 15) is 4.79 Å². The molecule has 2 heterocycles. The number of aromatic nitrogens is 2. The monoisotopic (exact) mass is 499 g/mol. The van der Waals surface area contributed by atoms with Gasteiger partial charge >= 0.3 is 5.97 Å². The second-order valence-electron chi connectivity index (χ2n) is 9.51. The maximum Gasteiger partial charge on any atom is 0.309 e. The first-order valence-electron chi connectivity index (χ1n) is 12.9. The van der Waals surface area contributed by atoms with Gasteiger partial charge in [-0.3, -0.25) is 10.2 Å². The lowest BCUT2D eigenvalue weighted by atomic mass is 10.1. The number of anilines is 2. The van der Waals surface area contributed by atoms with Gasteiger partial charge in [-0.15, -0.1) is 0 Å². The zero-order valence-electron chi connectivity index (χ0n) is 21.3. The molecule has 8 heteroatoms. The Balaban J connectivity index is 1.42. The number of hydrogen-bond acceptors (Lipinski definition) is 8. The summed E-state index contributed by atoms with van der Waals surface area (Å²) in [6.45, 7) is 7.06. The van der Waals surface area contributed by atoms with Crippen molar-refractivity contribution in [2.24, 2.45) is 16.9 Å². The molecule has 1 aromatic heterocycles. The minimum absolute atomic E-state index is 0.0882. The number of carbonyl (C=O) groups excluding carboxylic acids is 1. The number of morpholine rings is 1. The van der Waals surface area contributed by atoms with Crippen molar-refractivity contribution in [2.75, 3.05) is 43.2 Å². The summed E-state index contributed by atoms with van der Waals surface area (Å²) in [6.07, 6.45) is 2.54. The molecule has 3 unspecified atom stereocenters. The Labute approximate surface area is 217 Å². The highest BCUT2D eigenvalue weighted by Gasteiger charge is 2.58. The van der Waals surface area contributed by atoms with Crippen molar-refractivity contribution in [1.29, 1.82) is 0 Å². The van der Waals surface area contributed by atoms with Crippen LogP contribution in [-0.2, 0) is 20.7 Å². The fourth-order valence-corrected chi connectivity index (χ4v) is 4.86. The minimum atomic E-state index is -0.260. The highest BCUT2D eigenvalue weighted by atomic mass is 16.5. The maximum atomic E-state index is 12.9. The third-order valence-electron chi connectivity index (χ3n) is 6.87. The van der Waals surface area contributed by atoms with Crippen molar-refractivity contribution in [3.05, 3.63) is 83.2 Å². The summed E-state index contributed by atoms with van der Waals surface area (Å²) in [4.78, 5) is 24.8. The van der Waals surface area contributed by atoms with Gasteiger partial charge in [0, 0.05) is 25.1 Å². The fraction of sp³-hybridized carbons (Fsp3) is 0.379. The summed E-state index contributed by atoms with van der Waals surface area (Å²) in [5.74, 6) is 1.60. The molecule has 0 amide bonds. The van der Waals surface area contributed by atoms with Gasteiger partial charge < -0.3 is 14.4 Å². The van der Waals surface area contributed by atoms with Crippen molar-refractivity contribution in [3.8, 4) is 0 Å². The lowest BCUT2D eigenvalue weighted by molar-refractivity contribution is -0.145. The third kappa shape index (κ3) is 6.14. The van der Waals surface area contributed by atoms with Gasteiger partial charge in [0.1, 0.15) is 11.6 Å². The van der Waals surface area contributed by atoms with Crippen molar-refractivity contribution < 1.29 is 14.3 Å². The molecule has 0 radical (unpaired) electrons. The molecule has 2 aliphatic rings. The van der Waals surface area contributed by atoms with Gasteiger partial charge in [-0.05, 0) is 37.3 Å². The summed E-state index contributed by atoms with van der Waals surface area (Å²) >= 11 is 0. The van der Waals surface area contributed by atoms with Crippen LogP contribution in [0, 0.1) is 18.8 Å². The molecule has 3 aromatic rings. The Kier molecular flexibility index (Phi) is 7.75. The summed E-state index contributed by atoms with van der Waals surface area (Å²) in [5.41, 5.74) is 6.47. The molecule has 0 bridgehead atoms. The molecular weight excluding hydrogens is 466 g/mol. The number of benzene rings is 2. The Morgan fingerprint density at radius 2 is 1.89 bits per heavy atom. The standard InChI is InChI=1S/C29H33N5O3/c1-3-37-29(35)27-23(17-21-7-5-4-6-8-21)26(27)28-31-24(18-25(32-28)34-13-15-36-16-14-34)33-30-19-22-11-9-20(2)10-12-22/h4-12,18-19,23,26-27H,3,13-17H2,1-2H3,(H,31,32,33)/b30-19+. The maximum absolute atomic E-state index is 12.9. The van der Waals surface area contributed by atoms with E-state index in [2.05, 4.69) is 46.6 Å². The Hall–Kier alpha value is -3.78. The Morgan fingerprint density at radius 3 is 2.62 bits per heavy atom. The quantitative estimate of drug-likeness (QED) is 0.268. The number of rotatable bonds is 9. The molecule has 0 spiro atoms. The number of hydrogen-bond donors (Lipinski definition) is 1. The molecule has 8 nitrogen and oxygen atoms in total. The first-order valence-corrected chi connectivity index (χ1v) is 12.9. The minimum Gasteiger partial charge on any atom is -0.466 e. The number of hydrazone groups is 1. The first-order chi connectivity index (χ1) is 18.1. The Bertz CT molecular complexity index is 1230. The topological polar surface area (TPSA) is 88.9 Å². The second-order valence-corrected chi connectivity index (χ2v) is 9.51. The zero-order chi connectivity index (χ0) is 25.6. The number of nitrogens with zero attached hydrogens (tertiary/aromatic N) is 4. The second kappa shape index (κ2) is 11.5. The zero-order valence-corrected chi connectivity index (χ0v) is 21.3. The highest BCUT2D eigenvalue weighted by molar-refractivity contribution is 5.80. The SMILES string of the molecule is CCOC(=O)C1C(Cc2ccccc2)C1c1nc(N/N=C/c2ccc(C)cc2)cc(N2CCOCC2)n1. The summed E-state index contributed by atoms with van der Waals surface area (Å²) in [7, 11) is 0. The van der Waals surface area contributed by atoms with Gasteiger partial charge in [-0.2, -0.15) is 5.10 Å². The van der Waals surface area contributed by atoms with Crippen molar-refractivity contribution >= 4 is 23.8 Å². The number of nitrogens with one attached hydrogen (secondary N) is 1. The van der Waals surface area contributed by atoms with Crippen molar-refractivity contribution in [3.63, 3.8) is 0 Å². The predicted octanol–water partition coefficient (Wildman–Crippen LogP) is 4.20. The number of ether oxygens (including phenoxy) is 2. The van der Waals surface area contributed by atoms with Gasteiger partial charge in [0.05, 0.1) is 32.0 Å². The van der Waals surface area contributed by atoms with Gasteiger partial charge in [-0.1, -0.05) is 60.2 Å². The van der Waals surface area contributed by atoms with E-state index in [-0.39, 0.29) is 23.7 Å². The molecule has 1 aliphatic carbocycles. The smallest absolute Gasteiger partial charge is 0.309 e. The van der Waals surface area contributed by atoms with E-state index >= 15 is 0 Å². The van der Waals surface area contributed by atoms with Gasteiger partial charge in [0.15, 0.2) is 5.82 Å². The number of aryl methyl sites for hydroxylation is 1. The molecule has 192 valence electrons. The fourth-order valence-electron chi connectivity index (χ4n) is 4.86. The largest absolute Gasteiger partial charge is 0.466 e. The lowest BCUT2D eigenvalue weighted by Crippen LogP contribution is -2.37. The normalized spacial score (nSPS) is 21.1. The van der Waals surface area contributed by atoms with E-state index in [4.69, 9.17) is 19.4 Å². The third-order valence-corrected chi connectivity index (χ3v) is 6.87. The van der Waals surface area contributed by atoms with Crippen LogP contribution in [0.15, 0.2) is 65.8 Å². The van der Waals surface area contributed by atoms with Crippen LogP contribution in [0.5, 0.6) is 0 Å². The molecule has 5 rings (SSSR count). The van der Waals surface area contributed by atoms with E-state index in [1.54, 1.807) is 6.21 Å². The molecule has 37 heavy (non-hydrogen) atoms. The van der Waals surface area contributed by atoms with Crippen LogP contribution in [0.1, 0.15) is 35.4 Å². The molecule has 3 atom stereocenters. The van der Waals surface area contributed by atoms with Crippen LogP contribution >= 0.6 is 0 Å². The molecule has 2 aromatic carbocycles. The van der Waals surface area contributed by atoms with Crippen LogP contribution in [0.2, 0.25) is 0 Å². The molecule has 1 saturated heterocycles. The predicted molar refractivity (Wildman–Crippen MR) is 144 cm³/mol.